The molecule has 0 unspecified atom stereocenters. The summed E-state index contributed by atoms with van der Waals surface area (Å²) in [5.74, 6) is -1.53. The zero-order valence-electron chi connectivity index (χ0n) is 8.24. The fourth-order valence-electron chi connectivity index (χ4n) is 1.08. The van der Waals surface area contributed by atoms with Crippen molar-refractivity contribution in [3.63, 3.8) is 0 Å². The third-order valence-electron chi connectivity index (χ3n) is 1.79. The molecule has 17 heavy (non-hydrogen) atoms. The Morgan fingerprint density at radius 1 is 1.35 bits per heavy atom. The Labute approximate surface area is 103 Å². The molecule has 1 aromatic carbocycles. The van der Waals surface area contributed by atoms with Crippen molar-refractivity contribution in [1.29, 1.82) is 0 Å². The summed E-state index contributed by atoms with van der Waals surface area (Å²) >= 11 is 5.60. The van der Waals surface area contributed by atoms with Crippen LogP contribution in [0.1, 0.15) is 0 Å². The summed E-state index contributed by atoms with van der Waals surface area (Å²) in [6.45, 7) is 0. The van der Waals surface area contributed by atoms with Gasteiger partial charge in [-0.3, -0.25) is 4.21 Å². The van der Waals surface area contributed by atoms with E-state index in [9.17, 15) is 17.4 Å². The van der Waals surface area contributed by atoms with Gasteiger partial charge >= 0.3 is 13.3 Å². The fourth-order valence-corrected chi connectivity index (χ4v) is 2.46. The molecule has 0 aliphatic carbocycles. The molecule has 0 aromatic heterocycles. The highest BCUT2D eigenvalue weighted by Crippen LogP contribution is 2.24. The van der Waals surface area contributed by atoms with Gasteiger partial charge in [0, 0.05) is 0 Å². The summed E-state index contributed by atoms with van der Waals surface area (Å²) in [6.07, 6.45) is -4.58. The summed E-state index contributed by atoms with van der Waals surface area (Å²) in [6, 6.07) is 3.37. The molecule has 0 radical (unpaired) electrons. The highest BCUT2D eigenvalue weighted by molar-refractivity contribution is 7.85. The zero-order chi connectivity index (χ0) is 13.2. The van der Waals surface area contributed by atoms with Gasteiger partial charge in [0.2, 0.25) is 0 Å². The molecule has 9 heteroatoms. The van der Waals surface area contributed by atoms with Crippen LogP contribution in [-0.4, -0.2) is 33.3 Å². The predicted octanol–water partition coefficient (Wildman–Crippen LogP) is 0.690. The van der Waals surface area contributed by atoms with E-state index in [0.29, 0.717) is 0 Å². The van der Waals surface area contributed by atoms with E-state index in [1.807, 2.05) is 0 Å². The van der Waals surface area contributed by atoms with Crippen molar-refractivity contribution in [2.45, 2.75) is 11.1 Å². The van der Waals surface area contributed by atoms with E-state index in [-0.39, 0.29) is 15.4 Å². The first-order chi connectivity index (χ1) is 7.70. The predicted molar refractivity (Wildman–Crippen MR) is 58.6 cm³/mol. The molecule has 1 aromatic rings. The molecule has 3 nitrogen and oxygen atoms in total. The summed E-state index contributed by atoms with van der Waals surface area (Å²) in [5.41, 5.74) is -0.0695. The van der Waals surface area contributed by atoms with Gasteiger partial charge in [0.15, 0.2) is 0 Å². The van der Waals surface area contributed by atoms with E-state index in [4.69, 9.17) is 21.6 Å². The van der Waals surface area contributed by atoms with Crippen LogP contribution in [0.15, 0.2) is 23.1 Å². The van der Waals surface area contributed by atoms with E-state index in [2.05, 4.69) is 0 Å². The second-order valence-corrected chi connectivity index (χ2v) is 5.00. The molecule has 0 bridgehead atoms. The van der Waals surface area contributed by atoms with E-state index in [0.717, 1.165) is 6.07 Å². The van der Waals surface area contributed by atoms with Crippen molar-refractivity contribution in [2.75, 3.05) is 5.75 Å². The normalized spacial score (nSPS) is 13.5. The lowest BCUT2D eigenvalue weighted by Gasteiger charge is -2.09. The number of benzene rings is 1. The minimum Gasteiger partial charge on any atom is -0.423 e. The van der Waals surface area contributed by atoms with Crippen LogP contribution in [0.3, 0.4) is 0 Å². The lowest BCUT2D eigenvalue weighted by Crippen LogP contribution is -2.30. The van der Waals surface area contributed by atoms with Crippen molar-refractivity contribution in [3.05, 3.63) is 23.2 Å². The molecule has 94 valence electrons. The Balaban J connectivity index is 3.04. The Morgan fingerprint density at radius 2 is 1.94 bits per heavy atom. The highest BCUT2D eigenvalue weighted by atomic mass is 35.5. The number of rotatable bonds is 3. The van der Waals surface area contributed by atoms with Gasteiger partial charge in [-0.05, 0) is 17.6 Å². The summed E-state index contributed by atoms with van der Waals surface area (Å²) in [7, 11) is -4.22. The van der Waals surface area contributed by atoms with Crippen molar-refractivity contribution < 1.29 is 27.4 Å². The van der Waals surface area contributed by atoms with E-state index >= 15 is 0 Å². The van der Waals surface area contributed by atoms with Crippen LogP contribution in [0, 0.1) is 0 Å². The van der Waals surface area contributed by atoms with Gasteiger partial charge in [-0.2, -0.15) is 13.2 Å². The minimum atomic E-state index is -4.58. The van der Waals surface area contributed by atoms with Gasteiger partial charge in [-0.15, -0.1) is 0 Å². The van der Waals surface area contributed by atoms with Crippen molar-refractivity contribution in [1.82, 2.24) is 0 Å². The molecule has 0 amide bonds. The van der Waals surface area contributed by atoms with Crippen LogP contribution in [0.25, 0.3) is 0 Å². The van der Waals surface area contributed by atoms with Crippen LogP contribution in [-0.2, 0) is 10.8 Å². The molecule has 0 fully saturated rings. The average Bonchev–Trinajstić information content (AvgIpc) is 2.14. The van der Waals surface area contributed by atoms with Gasteiger partial charge in [0.1, 0.15) is 5.75 Å². The number of hydrogen-bond acceptors (Lipinski definition) is 3. The smallest absolute Gasteiger partial charge is 0.423 e. The standard InChI is InChI=1S/C8H7BClF3O3S/c10-6-2-1-5(9(14)15)3-7(6)17(16)4-8(11,12)13/h1-3,14-15H,4H2/t17-/m0/s1. The topological polar surface area (TPSA) is 57.5 Å². The molecule has 0 heterocycles. The monoisotopic (exact) mass is 286 g/mol. The summed E-state index contributed by atoms with van der Waals surface area (Å²) < 4.78 is 47.5. The Morgan fingerprint density at radius 3 is 2.41 bits per heavy atom. The summed E-state index contributed by atoms with van der Waals surface area (Å²) in [5, 5.41) is 17.6. The molecule has 0 saturated carbocycles. The molecular weight excluding hydrogens is 279 g/mol. The van der Waals surface area contributed by atoms with Crippen LogP contribution < -0.4 is 5.46 Å². The number of halogens is 4. The maximum absolute atomic E-state index is 12.0. The van der Waals surface area contributed by atoms with Gasteiger partial charge in [0.05, 0.1) is 20.7 Å². The van der Waals surface area contributed by atoms with Gasteiger partial charge in [-0.25, -0.2) is 0 Å². The Kier molecular flexibility index (Phi) is 4.59. The van der Waals surface area contributed by atoms with Crippen LogP contribution in [0.2, 0.25) is 5.02 Å². The van der Waals surface area contributed by atoms with Gasteiger partial charge < -0.3 is 10.0 Å². The quantitative estimate of drug-likeness (QED) is 0.804. The summed E-state index contributed by atoms with van der Waals surface area (Å²) in [4.78, 5) is -0.269. The Hall–Kier alpha value is -0.565. The van der Waals surface area contributed by atoms with Crippen LogP contribution in [0.4, 0.5) is 13.2 Å². The molecule has 2 N–H and O–H groups in total. The maximum atomic E-state index is 12.0. The maximum Gasteiger partial charge on any atom is 0.488 e. The lowest BCUT2D eigenvalue weighted by molar-refractivity contribution is -0.105. The molecule has 0 spiro atoms. The minimum absolute atomic E-state index is 0.0695. The first kappa shape index (κ1) is 14.5. The van der Waals surface area contributed by atoms with E-state index in [1.54, 1.807) is 0 Å². The zero-order valence-corrected chi connectivity index (χ0v) is 9.81. The molecule has 1 rings (SSSR count). The van der Waals surface area contributed by atoms with Crippen molar-refractivity contribution in [2.24, 2.45) is 0 Å². The first-order valence-corrected chi connectivity index (χ1v) is 6.01. The van der Waals surface area contributed by atoms with E-state index in [1.165, 1.54) is 12.1 Å². The molecule has 0 saturated heterocycles. The lowest BCUT2D eigenvalue weighted by atomic mass is 9.80. The van der Waals surface area contributed by atoms with Gasteiger partial charge in [0.25, 0.3) is 0 Å². The third kappa shape index (κ3) is 4.31. The number of alkyl halides is 3. The molecule has 1 atom stereocenters. The number of hydrogen-bond donors (Lipinski definition) is 2. The fraction of sp³-hybridized carbons (Fsp3) is 0.250. The Bertz CT molecular complexity index is 439. The highest BCUT2D eigenvalue weighted by Gasteiger charge is 2.32. The molecular formula is C8H7BClF3O3S. The van der Waals surface area contributed by atoms with Crippen molar-refractivity contribution in [3.8, 4) is 0 Å². The van der Waals surface area contributed by atoms with Crippen LogP contribution in [0.5, 0.6) is 0 Å². The second-order valence-electron chi connectivity index (χ2n) is 3.17. The van der Waals surface area contributed by atoms with Crippen LogP contribution >= 0.6 is 11.6 Å². The SMILES string of the molecule is O=[S@@](CC(F)(F)F)c1cc(B(O)O)ccc1Cl. The van der Waals surface area contributed by atoms with Crippen molar-refractivity contribution >= 4 is 35.0 Å². The first-order valence-electron chi connectivity index (χ1n) is 4.31. The second kappa shape index (κ2) is 5.39. The third-order valence-corrected chi connectivity index (χ3v) is 3.65. The largest absolute Gasteiger partial charge is 0.488 e. The molecule has 0 aliphatic rings. The average molecular weight is 286 g/mol. The van der Waals surface area contributed by atoms with E-state index < -0.39 is 29.8 Å². The van der Waals surface area contributed by atoms with Gasteiger partial charge in [-0.1, -0.05) is 17.7 Å². The molecule has 0 aliphatic heterocycles.